The van der Waals surface area contributed by atoms with Crippen LogP contribution in [-0.2, 0) is 6.42 Å². The number of halogens is 1. The van der Waals surface area contributed by atoms with E-state index in [0.717, 1.165) is 18.5 Å². The van der Waals surface area contributed by atoms with Crippen molar-refractivity contribution in [1.29, 1.82) is 0 Å². The van der Waals surface area contributed by atoms with Crippen LogP contribution in [0.3, 0.4) is 0 Å². The molecule has 0 saturated carbocycles. The Morgan fingerprint density at radius 1 is 1.30 bits per heavy atom. The van der Waals surface area contributed by atoms with E-state index in [1.54, 1.807) is 6.07 Å². The van der Waals surface area contributed by atoms with Gasteiger partial charge in [0.15, 0.2) is 0 Å². The number of aromatic nitrogens is 2. The van der Waals surface area contributed by atoms with Gasteiger partial charge in [-0.2, -0.15) is 0 Å². The molecule has 1 aromatic heterocycles. The lowest BCUT2D eigenvalue weighted by Crippen LogP contribution is -2.17. The van der Waals surface area contributed by atoms with E-state index in [-0.39, 0.29) is 5.91 Å². The van der Waals surface area contributed by atoms with Crippen LogP contribution in [0.15, 0.2) is 36.7 Å². The first-order valence-electron chi connectivity index (χ1n) is 6.22. The van der Waals surface area contributed by atoms with E-state index in [0.29, 0.717) is 16.5 Å². The lowest BCUT2D eigenvalue weighted by atomic mass is 10.0. The molecule has 0 unspecified atom stereocenters. The van der Waals surface area contributed by atoms with Gasteiger partial charge in [-0.3, -0.25) is 4.79 Å². The minimum absolute atomic E-state index is 0.202. The van der Waals surface area contributed by atoms with E-state index in [9.17, 15) is 4.79 Å². The van der Waals surface area contributed by atoms with Crippen LogP contribution in [0.5, 0.6) is 0 Å². The molecule has 20 heavy (non-hydrogen) atoms. The monoisotopic (exact) mass is 290 g/mol. The van der Waals surface area contributed by atoms with E-state index < -0.39 is 0 Å². The maximum absolute atomic E-state index is 12.3. The Hall–Kier alpha value is -1.98. The summed E-state index contributed by atoms with van der Waals surface area (Å²) in [4.78, 5) is 20.0. The predicted molar refractivity (Wildman–Crippen MR) is 79.1 cm³/mol. The lowest BCUT2D eigenvalue weighted by molar-refractivity contribution is 0.102. The second kappa shape index (κ2) is 6.98. The highest BCUT2D eigenvalue weighted by Gasteiger charge is 2.11. The zero-order valence-corrected chi connectivity index (χ0v) is 11.8. The molecule has 6 heteroatoms. The number of carbonyl (C=O) groups excluding carboxylic acids is 1. The van der Waals surface area contributed by atoms with Gasteiger partial charge in [0.2, 0.25) is 0 Å². The molecule has 0 bridgehead atoms. The number of hydrogen-bond acceptors (Lipinski definition) is 4. The van der Waals surface area contributed by atoms with Crippen LogP contribution in [-0.4, -0.2) is 29.5 Å². The molecule has 1 heterocycles. The molecule has 104 valence electrons. The van der Waals surface area contributed by atoms with E-state index in [1.165, 1.54) is 12.4 Å². The third kappa shape index (κ3) is 3.76. The Bertz CT molecular complexity index is 603. The second-order valence-corrected chi connectivity index (χ2v) is 4.58. The summed E-state index contributed by atoms with van der Waals surface area (Å²) < 4.78 is 0. The van der Waals surface area contributed by atoms with Crippen LogP contribution in [0.25, 0.3) is 0 Å². The fourth-order valence-corrected chi connectivity index (χ4v) is 1.95. The van der Waals surface area contributed by atoms with Crippen LogP contribution in [0, 0.1) is 0 Å². The molecule has 1 amide bonds. The molecule has 2 aromatic rings. The van der Waals surface area contributed by atoms with Gasteiger partial charge in [-0.15, -0.1) is 0 Å². The molecule has 0 aliphatic rings. The van der Waals surface area contributed by atoms with Crippen LogP contribution in [0.1, 0.15) is 15.9 Å². The molecule has 1 aromatic carbocycles. The fourth-order valence-electron chi connectivity index (χ4n) is 1.81. The van der Waals surface area contributed by atoms with Crippen molar-refractivity contribution < 1.29 is 4.79 Å². The SMILES string of the molecule is CNCCc1ccccc1C(=O)Nc1cc(Cl)ncn1. The zero-order valence-electron chi connectivity index (χ0n) is 11.1. The van der Waals surface area contributed by atoms with Crippen LogP contribution >= 0.6 is 11.6 Å². The molecular formula is C14H15ClN4O. The average Bonchev–Trinajstić information content (AvgIpc) is 2.45. The van der Waals surface area contributed by atoms with Crippen molar-refractivity contribution in [2.75, 3.05) is 18.9 Å². The van der Waals surface area contributed by atoms with Crippen molar-refractivity contribution >= 4 is 23.3 Å². The summed E-state index contributed by atoms with van der Waals surface area (Å²) in [5, 5.41) is 6.08. The molecule has 0 saturated heterocycles. The summed E-state index contributed by atoms with van der Waals surface area (Å²) in [6.45, 7) is 0.809. The number of benzene rings is 1. The smallest absolute Gasteiger partial charge is 0.257 e. The highest BCUT2D eigenvalue weighted by Crippen LogP contribution is 2.13. The largest absolute Gasteiger partial charge is 0.319 e. The van der Waals surface area contributed by atoms with Gasteiger partial charge < -0.3 is 10.6 Å². The molecule has 0 aliphatic heterocycles. The number of carbonyl (C=O) groups is 1. The molecule has 2 rings (SSSR count). The summed E-state index contributed by atoms with van der Waals surface area (Å²) in [5.74, 6) is 0.185. The highest BCUT2D eigenvalue weighted by atomic mass is 35.5. The van der Waals surface area contributed by atoms with Crippen molar-refractivity contribution in [3.63, 3.8) is 0 Å². The van der Waals surface area contributed by atoms with E-state index in [1.807, 2.05) is 25.2 Å². The summed E-state index contributed by atoms with van der Waals surface area (Å²) in [6, 6.07) is 9.01. The quantitative estimate of drug-likeness (QED) is 0.828. The number of nitrogens with one attached hydrogen (secondary N) is 2. The number of hydrogen-bond donors (Lipinski definition) is 2. The first-order valence-corrected chi connectivity index (χ1v) is 6.60. The van der Waals surface area contributed by atoms with Gasteiger partial charge in [-0.25, -0.2) is 9.97 Å². The van der Waals surface area contributed by atoms with Crippen molar-refractivity contribution in [1.82, 2.24) is 15.3 Å². The Morgan fingerprint density at radius 3 is 2.85 bits per heavy atom. The number of likely N-dealkylation sites (N-methyl/N-ethyl adjacent to an activating group) is 1. The van der Waals surface area contributed by atoms with Crippen LogP contribution in [0.2, 0.25) is 5.15 Å². The van der Waals surface area contributed by atoms with E-state index in [2.05, 4.69) is 20.6 Å². The van der Waals surface area contributed by atoms with Gasteiger partial charge in [-0.1, -0.05) is 29.8 Å². The average molecular weight is 291 g/mol. The Morgan fingerprint density at radius 2 is 2.10 bits per heavy atom. The normalized spacial score (nSPS) is 10.3. The van der Waals surface area contributed by atoms with E-state index in [4.69, 9.17) is 11.6 Å². The molecular weight excluding hydrogens is 276 g/mol. The van der Waals surface area contributed by atoms with Crippen molar-refractivity contribution in [3.8, 4) is 0 Å². The number of anilines is 1. The minimum atomic E-state index is -0.202. The van der Waals surface area contributed by atoms with Crippen molar-refractivity contribution in [2.24, 2.45) is 0 Å². The molecule has 0 aliphatic carbocycles. The summed E-state index contributed by atoms with van der Waals surface area (Å²) in [7, 11) is 1.88. The number of amides is 1. The first-order chi connectivity index (χ1) is 9.70. The first kappa shape index (κ1) is 14.4. The van der Waals surface area contributed by atoms with Crippen LogP contribution in [0.4, 0.5) is 5.82 Å². The van der Waals surface area contributed by atoms with Gasteiger partial charge in [0.1, 0.15) is 17.3 Å². The third-order valence-corrected chi connectivity index (χ3v) is 2.99. The Balaban J connectivity index is 2.16. The molecule has 0 radical (unpaired) electrons. The van der Waals surface area contributed by atoms with Gasteiger partial charge in [0.25, 0.3) is 5.91 Å². The summed E-state index contributed by atoms with van der Waals surface area (Å²) >= 11 is 5.76. The second-order valence-electron chi connectivity index (χ2n) is 4.19. The number of rotatable bonds is 5. The third-order valence-electron chi connectivity index (χ3n) is 2.78. The lowest BCUT2D eigenvalue weighted by Gasteiger charge is -2.09. The van der Waals surface area contributed by atoms with Gasteiger partial charge in [-0.05, 0) is 31.6 Å². The van der Waals surface area contributed by atoms with Crippen molar-refractivity contribution in [2.45, 2.75) is 6.42 Å². The van der Waals surface area contributed by atoms with E-state index >= 15 is 0 Å². The highest BCUT2D eigenvalue weighted by molar-refractivity contribution is 6.29. The summed E-state index contributed by atoms with van der Waals surface area (Å²) in [6.07, 6.45) is 2.09. The fraction of sp³-hybridized carbons (Fsp3) is 0.214. The standard InChI is InChI=1S/C14H15ClN4O/c1-16-7-6-10-4-2-3-5-11(10)14(20)19-13-8-12(15)17-9-18-13/h2-5,8-9,16H,6-7H2,1H3,(H,17,18,19,20). The molecule has 0 spiro atoms. The van der Waals surface area contributed by atoms with Gasteiger partial charge in [0, 0.05) is 11.6 Å². The van der Waals surface area contributed by atoms with Gasteiger partial charge >= 0.3 is 0 Å². The maximum Gasteiger partial charge on any atom is 0.257 e. The maximum atomic E-state index is 12.3. The molecule has 0 atom stereocenters. The minimum Gasteiger partial charge on any atom is -0.319 e. The Labute approximate surface area is 122 Å². The predicted octanol–water partition coefficient (Wildman–Crippen LogP) is 2.14. The Kier molecular flexibility index (Phi) is 5.03. The number of nitrogens with zero attached hydrogens (tertiary/aromatic N) is 2. The molecule has 5 nitrogen and oxygen atoms in total. The summed E-state index contributed by atoms with van der Waals surface area (Å²) in [5.41, 5.74) is 1.62. The molecule has 2 N–H and O–H groups in total. The topological polar surface area (TPSA) is 66.9 Å². The molecule has 0 fully saturated rings. The zero-order chi connectivity index (χ0) is 14.4. The van der Waals surface area contributed by atoms with Gasteiger partial charge in [0.05, 0.1) is 0 Å². The van der Waals surface area contributed by atoms with Crippen LogP contribution < -0.4 is 10.6 Å². The van der Waals surface area contributed by atoms with Crippen molar-refractivity contribution in [3.05, 3.63) is 52.9 Å².